The molecule has 2 heterocycles. The fourth-order valence-corrected chi connectivity index (χ4v) is 2.06. The van der Waals surface area contributed by atoms with E-state index in [1.807, 2.05) is 4.98 Å². The summed E-state index contributed by atoms with van der Waals surface area (Å²) < 4.78 is 0. The van der Waals surface area contributed by atoms with E-state index >= 15 is 0 Å². The number of aromatic amines is 2. The Morgan fingerprint density at radius 3 is 2.71 bits per heavy atom. The highest BCUT2D eigenvalue weighted by atomic mass is 32.1. The van der Waals surface area contributed by atoms with Crippen LogP contribution in [0.1, 0.15) is 10.4 Å². The normalized spacial score (nSPS) is 10.6. The molecule has 72 valence electrons. The Morgan fingerprint density at radius 1 is 1.36 bits per heavy atom. The molecule has 0 spiro atoms. The van der Waals surface area contributed by atoms with Crippen LogP contribution in [0.4, 0.5) is 0 Å². The molecule has 3 N–H and O–H groups in total. The SMILES string of the molecule is O=C(O)c1csc2[nH]c(=O)[nH]c(=O)c12. The van der Waals surface area contributed by atoms with Gasteiger partial charge in [0.2, 0.25) is 0 Å². The van der Waals surface area contributed by atoms with Gasteiger partial charge in [-0.2, -0.15) is 0 Å². The van der Waals surface area contributed by atoms with Crippen LogP contribution in [0.15, 0.2) is 15.0 Å². The number of rotatable bonds is 1. The number of thiophene rings is 1. The summed E-state index contributed by atoms with van der Waals surface area (Å²) in [5.74, 6) is -1.19. The van der Waals surface area contributed by atoms with E-state index in [-0.39, 0.29) is 15.8 Å². The van der Waals surface area contributed by atoms with Crippen molar-refractivity contribution in [3.05, 3.63) is 31.8 Å². The van der Waals surface area contributed by atoms with E-state index in [1.54, 1.807) is 0 Å². The molecule has 2 aromatic heterocycles. The van der Waals surface area contributed by atoms with Crippen molar-refractivity contribution < 1.29 is 9.90 Å². The maximum absolute atomic E-state index is 11.3. The molecular weight excluding hydrogens is 208 g/mol. The summed E-state index contributed by atoms with van der Waals surface area (Å²) in [6, 6.07) is 0. The lowest BCUT2D eigenvalue weighted by molar-refractivity contribution is 0.0699. The summed E-state index contributed by atoms with van der Waals surface area (Å²) in [6.45, 7) is 0. The molecule has 0 aliphatic rings. The number of aromatic nitrogens is 2. The number of carboxylic acid groups (broad SMARTS) is 1. The smallest absolute Gasteiger partial charge is 0.337 e. The molecule has 0 radical (unpaired) electrons. The second-order valence-electron chi connectivity index (χ2n) is 2.57. The number of H-pyrrole nitrogens is 2. The van der Waals surface area contributed by atoms with Gasteiger partial charge in [0, 0.05) is 5.38 Å². The first-order valence-electron chi connectivity index (χ1n) is 3.56. The van der Waals surface area contributed by atoms with Crippen molar-refractivity contribution in [1.29, 1.82) is 0 Å². The van der Waals surface area contributed by atoms with Crippen molar-refractivity contribution in [2.24, 2.45) is 0 Å². The van der Waals surface area contributed by atoms with Gasteiger partial charge in [-0.15, -0.1) is 11.3 Å². The molecule has 6 nitrogen and oxygen atoms in total. The Hall–Kier alpha value is -1.89. The van der Waals surface area contributed by atoms with Gasteiger partial charge < -0.3 is 5.11 Å². The number of fused-ring (bicyclic) bond motifs is 1. The molecule has 0 atom stereocenters. The highest BCUT2D eigenvalue weighted by molar-refractivity contribution is 7.17. The Bertz CT molecular complexity index is 620. The zero-order chi connectivity index (χ0) is 10.3. The van der Waals surface area contributed by atoms with Crippen molar-refractivity contribution in [3.63, 3.8) is 0 Å². The summed E-state index contributed by atoms with van der Waals surface area (Å²) in [6.07, 6.45) is 0. The largest absolute Gasteiger partial charge is 0.478 e. The fourth-order valence-electron chi connectivity index (χ4n) is 1.13. The lowest BCUT2D eigenvalue weighted by Crippen LogP contribution is -2.22. The predicted molar refractivity (Wildman–Crippen MR) is 50.0 cm³/mol. The molecule has 14 heavy (non-hydrogen) atoms. The van der Waals surface area contributed by atoms with Gasteiger partial charge in [0.25, 0.3) is 5.56 Å². The van der Waals surface area contributed by atoms with E-state index in [9.17, 15) is 14.4 Å². The summed E-state index contributed by atoms with van der Waals surface area (Å²) in [5.41, 5.74) is -1.41. The molecule has 0 fully saturated rings. The number of hydrogen-bond acceptors (Lipinski definition) is 4. The van der Waals surface area contributed by atoms with Gasteiger partial charge in [0.05, 0.1) is 10.9 Å². The molecule has 2 aromatic rings. The summed E-state index contributed by atoms with van der Waals surface area (Å²) in [4.78, 5) is 37.4. The second kappa shape index (κ2) is 2.81. The average molecular weight is 212 g/mol. The standard InChI is InChI=1S/C7H4N2O4S/c10-4-3-2(6(11)12)1-14-5(3)9-7(13)8-4/h1H,(H,11,12)(H2,8,9,10,13). The molecule has 0 bridgehead atoms. The van der Waals surface area contributed by atoms with Gasteiger partial charge in [-0.05, 0) is 0 Å². The van der Waals surface area contributed by atoms with Crippen LogP contribution in [0.5, 0.6) is 0 Å². The Kier molecular flexibility index (Phi) is 1.74. The van der Waals surface area contributed by atoms with E-state index in [0.717, 1.165) is 11.3 Å². The minimum atomic E-state index is -1.19. The molecular formula is C7H4N2O4S. The van der Waals surface area contributed by atoms with Gasteiger partial charge in [-0.3, -0.25) is 14.8 Å². The maximum Gasteiger partial charge on any atom is 0.337 e. The number of aromatic carboxylic acids is 1. The molecule has 0 amide bonds. The first-order chi connectivity index (χ1) is 6.59. The molecule has 0 saturated carbocycles. The van der Waals surface area contributed by atoms with Gasteiger partial charge >= 0.3 is 11.7 Å². The van der Waals surface area contributed by atoms with Gasteiger partial charge in [-0.1, -0.05) is 0 Å². The molecule has 2 rings (SSSR count). The van der Waals surface area contributed by atoms with Crippen LogP contribution in [-0.2, 0) is 0 Å². The molecule has 0 aliphatic carbocycles. The van der Waals surface area contributed by atoms with Crippen LogP contribution < -0.4 is 11.2 Å². The Labute approximate surface area is 79.8 Å². The van der Waals surface area contributed by atoms with E-state index in [4.69, 9.17) is 5.11 Å². The van der Waals surface area contributed by atoms with Crippen molar-refractivity contribution in [2.45, 2.75) is 0 Å². The van der Waals surface area contributed by atoms with E-state index in [1.165, 1.54) is 5.38 Å². The van der Waals surface area contributed by atoms with Crippen LogP contribution in [0.2, 0.25) is 0 Å². The lowest BCUT2D eigenvalue weighted by atomic mass is 10.2. The third kappa shape index (κ3) is 1.14. The monoisotopic (exact) mass is 212 g/mol. The number of carboxylic acids is 1. The third-order valence-electron chi connectivity index (χ3n) is 1.70. The molecule has 0 unspecified atom stereocenters. The van der Waals surface area contributed by atoms with Gasteiger partial charge in [0.1, 0.15) is 4.83 Å². The quantitative estimate of drug-likeness (QED) is 0.617. The predicted octanol–water partition coefficient (Wildman–Crippen LogP) is -0.0239. The number of nitrogens with one attached hydrogen (secondary N) is 2. The first kappa shape index (κ1) is 8.70. The molecule has 0 saturated heterocycles. The third-order valence-corrected chi connectivity index (χ3v) is 2.60. The van der Waals surface area contributed by atoms with E-state index in [2.05, 4.69) is 4.98 Å². The molecule has 7 heteroatoms. The summed E-state index contributed by atoms with van der Waals surface area (Å²) in [7, 11) is 0. The van der Waals surface area contributed by atoms with Crippen LogP contribution >= 0.6 is 11.3 Å². The Balaban J connectivity index is 3.00. The topological polar surface area (TPSA) is 103 Å². The van der Waals surface area contributed by atoms with Crippen LogP contribution in [0.3, 0.4) is 0 Å². The van der Waals surface area contributed by atoms with Crippen LogP contribution in [-0.4, -0.2) is 21.0 Å². The van der Waals surface area contributed by atoms with Crippen LogP contribution in [0.25, 0.3) is 10.2 Å². The van der Waals surface area contributed by atoms with Crippen LogP contribution in [0, 0.1) is 0 Å². The van der Waals surface area contributed by atoms with Crippen molar-refractivity contribution in [1.82, 2.24) is 9.97 Å². The van der Waals surface area contributed by atoms with Crippen molar-refractivity contribution >= 4 is 27.5 Å². The van der Waals surface area contributed by atoms with Gasteiger partial charge in [-0.25, -0.2) is 9.59 Å². The highest BCUT2D eigenvalue weighted by Crippen LogP contribution is 2.19. The molecule has 0 aromatic carbocycles. The fraction of sp³-hybridized carbons (Fsp3) is 0. The van der Waals surface area contributed by atoms with Gasteiger partial charge in [0.15, 0.2) is 0 Å². The maximum atomic E-state index is 11.3. The minimum Gasteiger partial charge on any atom is -0.478 e. The Morgan fingerprint density at radius 2 is 2.07 bits per heavy atom. The first-order valence-corrected chi connectivity index (χ1v) is 4.44. The zero-order valence-electron chi connectivity index (χ0n) is 6.66. The van der Waals surface area contributed by atoms with E-state index in [0.29, 0.717) is 0 Å². The summed E-state index contributed by atoms with van der Waals surface area (Å²) >= 11 is 1.01. The lowest BCUT2D eigenvalue weighted by Gasteiger charge is -1.89. The number of carbonyl (C=O) groups is 1. The van der Waals surface area contributed by atoms with Crippen molar-refractivity contribution in [2.75, 3.05) is 0 Å². The number of hydrogen-bond donors (Lipinski definition) is 3. The minimum absolute atomic E-state index is 0.0158. The average Bonchev–Trinajstić information content (AvgIpc) is 2.47. The van der Waals surface area contributed by atoms with E-state index < -0.39 is 17.2 Å². The zero-order valence-corrected chi connectivity index (χ0v) is 7.47. The second-order valence-corrected chi connectivity index (χ2v) is 3.45. The molecule has 0 aliphatic heterocycles. The highest BCUT2D eigenvalue weighted by Gasteiger charge is 2.14. The summed E-state index contributed by atoms with van der Waals surface area (Å²) in [5, 5.41) is 10.1. The van der Waals surface area contributed by atoms with Crippen molar-refractivity contribution in [3.8, 4) is 0 Å².